The van der Waals surface area contributed by atoms with Crippen molar-refractivity contribution in [3.05, 3.63) is 27.1 Å². The van der Waals surface area contributed by atoms with Crippen LogP contribution in [0, 0.1) is 15.5 Å². The predicted molar refractivity (Wildman–Crippen MR) is 58.8 cm³/mol. The molecule has 15 heavy (non-hydrogen) atoms. The van der Waals surface area contributed by atoms with Gasteiger partial charge in [-0.25, -0.2) is 0 Å². The van der Waals surface area contributed by atoms with Crippen molar-refractivity contribution in [2.75, 3.05) is 6.61 Å². The fourth-order valence-corrected chi connectivity index (χ4v) is 2.13. The molecule has 0 fully saturated rings. The summed E-state index contributed by atoms with van der Waals surface area (Å²) < 4.78 is 0. The number of hydrogen-bond donors (Lipinski definition) is 2. The molecule has 0 saturated heterocycles. The Morgan fingerprint density at radius 3 is 2.67 bits per heavy atom. The largest absolute Gasteiger partial charge is 0.396 e. The Labute approximate surface area is 91.7 Å². The highest BCUT2D eigenvalue weighted by atomic mass is 32.1. The molecule has 0 aliphatic heterocycles. The lowest BCUT2D eigenvalue weighted by Crippen LogP contribution is -2.31. The van der Waals surface area contributed by atoms with E-state index in [1.54, 1.807) is 6.07 Å². The third-order valence-corrected chi connectivity index (χ3v) is 3.47. The van der Waals surface area contributed by atoms with E-state index in [1.807, 2.05) is 13.8 Å². The number of hydrogen-bond acceptors (Lipinski definition) is 5. The van der Waals surface area contributed by atoms with Crippen LogP contribution in [0.4, 0.5) is 5.00 Å². The molecule has 0 aliphatic carbocycles. The molecule has 84 valence electrons. The van der Waals surface area contributed by atoms with Crippen LogP contribution in [-0.2, 0) is 0 Å². The highest BCUT2D eigenvalue weighted by Crippen LogP contribution is 2.36. The summed E-state index contributed by atoms with van der Waals surface area (Å²) >= 11 is 1.06. The zero-order chi connectivity index (χ0) is 11.6. The minimum absolute atomic E-state index is 0.0557. The Bertz CT molecular complexity index is 362. The molecule has 0 unspecified atom stereocenters. The lowest BCUT2D eigenvalue weighted by molar-refractivity contribution is -0.380. The quantitative estimate of drug-likeness (QED) is 0.608. The van der Waals surface area contributed by atoms with Crippen LogP contribution < -0.4 is 5.73 Å². The highest BCUT2D eigenvalue weighted by molar-refractivity contribution is 7.15. The molecular formula is C9H14N2O3S. The fourth-order valence-electron chi connectivity index (χ4n) is 1.09. The van der Waals surface area contributed by atoms with Crippen LogP contribution in [-0.4, -0.2) is 16.6 Å². The van der Waals surface area contributed by atoms with Gasteiger partial charge < -0.3 is 10.8 Å². The van der Waals surface area contributed by atoms with E-state index in [2.05, 4.69) is 0 Å². The van der Waals surface area contributed by atoms with Crippen molar-refractivity contribution >= 4 is 16.3 Å². The summed E-state index contributed by atoms with van der Waals surface area (Å²) in [5.41, 5.74) is 5.45. The van der Waals surface area contributed by atoms with Gasteiger partial charge in [-0.3, -0.25) is 10.1 Å². The second kappa shape index (κ2) is 4.26. The van der Waals surface area contributed by atoms with Gasteiger partial charge in [0.2, 0.25) is 0 Å². The molecule has 0 aliphatic rings. The maximum Gasteiger partial charge on any atom is 0.324 e. The van der Waals surface area contributed by atoms with Crippen molar-refractivity contribution in [2.45, 2.75) is 19.9 Å². The van der Waals surface area contributed by atoms with Crippen LogP contribution >= 0.6 is 11.3 Å². The highest BCUT2D eigenvalue weighted by Gasteiger charge is 2.29. The van der Waals surface area contributed by atoms with Crippen LogP contribution in [0.5, 0.6) is 0 Å². The van der Waals surface area contributed by atoms with Crippen molar-refractivity contribution in [1.29, 1.82) is 0 Å². The Morgan fingerprint density at radius 2 is 2.27 bits per heavy atom. The van der Waals surface area contributed by atoms with Gasteiger partial charge in [0.05, 0.1) is 11.5 Å². The second-order valence-corrected chi connectivity index (χ2v) is 5.15. The van der Waals surface area contributed by atoms with Crippen molar-refractivity contribution in [2.24, 2.45) is 11.1 Å². The minimum Gasteiger partial charge on any atom is -0.396 e. The Balaban J connectivity index is 2.92. The van der Waals surface area contributed by atoms with Gasteiger partial charge in [-0.15, -0.1) is 0 Å². The van der Waals surface area contributed by atoms with Crippen LogP contribution in [0.3, 0.4) is 0 Å². The van der Waals surface area contributed by atoms with Gasteiger partial charge in [-0.2, -0.15) is 0 Å². The molecular weight excluding hydrogens is 216 g/mol. The molecule has 1 rings (SSSR count). The first-order valence-corrected chi connectivity index (χ1v) is 5.30. The van der Waals surface area contributed by atoms with Crippen molar-refractivity contribution in [1.82, 2.24) is 0 Å². The number of nitro groups is 1. The maximum atomic E-state index is 10.5. The number of aliphatic hydroxyl groups excluding tert-OH is 1. The third-order valence-electron chi connectivity index (χ3n) is 2.35. The second-order valence-electron chi connectivity index (χ2n) is 4.06. The standard InChI is InChI=1S/C9H14N2O3S/c1-9(2,5-12)8(10)6-3-4-7(15-6)11(13)14/h3-4,8,12H,5,10H2,1-2H3/t8-/m1/s1. The van der Waals surface area contributed by atoms with Gasteiger partial charge in [0.1, 0.15) is 0 Å². The molecule has 1 aromatic rings. The number of nitrogens with zero attached hydrogens (tertiary/aromatic N) is 1. The molecule has 6 heteroatoms. The van der Waals surface area contributed by atoms with E-state index < -0.39 is 10.3 Å². The van der Waals surface area contributed by atoms with E-state index in [0.29, 0.717) is 0 Å². The first kappa shape index (κ1) is 12.1. The van der Waals surface area contributed by atoms with Crippen LogP contribution in [0.15, 0.2) is 12.1 Å². The molecule has 0 spiro atoms. The van der Waals surface area contributed by atoms with E-state index in [1.165, 1.54) is 6.07 Å². The molecule has 5 nitrogen and oxygen atoms in total. The van der Waals surface area contributed by atoms with Gasteiger partial charge in [0.15, 0.2) is 0 Å². The molecule has 0 radical (unpaired) electrons. The van der Waals surface area contributed by atoms with Crippen molar-refractivity contribution in [3.63, 3.8) is 0 Å². The number of aliphatic hydroxyl groups is 1. The average molecular weight is 230 g/mol. The summed E-state index contributed by atoms with van der Waals surface area (Å²) in [6.07, 6.45) is 0. The van der Waals surface area contributed by atoms with Crippen molar-refractivity contribution in [3.8, 4) is 0 Å². The normalized spacial score (nSPS) is 13.9. The number of thiophene rings is 1. The smallest absolute Gasteiger partial charge is 0.324 e. The van der Waals surface area contributed by atoms with Crippen LogP contribution in [0.25, 0.3) is 0 Å². The first-order chi connectivity index (χ1) is 6.88. The third kappa shape index (κ3) is 2.53. The first-order valence-electron chi connectivity index (χ1n) is 4.49. The van der Waals surface area contributed by atoms with Gasteiger partial charge in [0, 0.05) is 22.4 Å². The van der Waals surface area contributed by atoms with Crippen LogP contribution in [0.1, 0.15) is 24.8 Å². The van der Waals surface area contributed by atoms with E-state index in [9.17, 15) is 10.1 Å². The zero-order valence-corrected chi connectivity index (χ0v) is 9.45. The summed E-state index contributed by atoms with van der Waals surface area (Å²) in [6.45, 7) is 3.59. The Hall–Kier alpha value is -0.980. The number of nitrogens with two attached hydrogens (primary N) is 1. The zero-order valence-electron chi connectivity index (χ0n) is 8.64. The Morgan fingerprint density at radius 1 is 1.67 bits per heavy atom. The molecule has 3 N–H and O–H groups in total. The van der Waals surface area contributed by atoms with Crippen LogP contribution in [0.2, 0.25) is 0 Å². The minimum atomic E-state index is -0.473. The molecule has 0 amide bonds. The molecule has 1 aromatic heterocycles. The maximum absolute atomic E-state index is 10.5. The molecule has 1 atom stereocenters. The summed E-state index contributed by atoms with van der Waals surface area (Å²) in [5, 5.41) is 19.7. The molecule has 0 bridgehead atoms. The topological polar surface area (TPSA) is 89.4 Å². The van der Waals surface area contributed by atoms with E-state index in [4.69, 9.17) is 10.8 Å². The van der Waals surface area contributed by atoms with E-state index >= 15 is 0 Å². The molecule has 0 aromatic carbocycles. The lowest BCUT2D eigenvalue weighted by Gasteiger charge is -2.28. The Kier molecular flexibility index (Phi) is 3.43. The fraction of sp³-hybridized carbons (Fsp3) is 0.556. The number of rotatable bonds is 4. The molecule has 0 saturated carbocycles. The summed E-state index contributed by atoms with van der Waals surface area (Å²) in [6, 6.07) is 2.69. The SMILES string of the molecule is CC(C)(CO)[C@H](N)c1ccc([N+](=O)[O-])s1. The van der Waals surface area contributed by atoms with Gasteiger partial charge in [-0.05, 0) is 6.07 Å². The van der Waals surface area contributed by atoms with E-state index in [0.717, 1.165) is 16.2 Å². The van der Waals surface area contributed by atoms with Crippen molar-refractivity contribution < 1.29 is 10.0 Å². The summed E-state index contributed by atoms with van der Waals surface area (Å²) in [5.74, 6) is 0. The van der Waals surface area contributed by atoms with E-state index in [-0.39, 0.29) is 17.6 Å². The van der Waals surface area contributed by atoms with Gasteiger partial charge >= 0.3 is 5.00 Å². The molecule has 1 heterocycles. The average Bonchev–Trinajstić information content (AvgIpc) is 2.65. The monoisotopic (exact) mass is 230 g/mol. The predicted octanol–water partition coefficient (Wildman–Crippen LogP) is 1.67. The van der Waals surface area contributed by atoms with Gasteiger partial charge in [0.25, 0.3) is 0 Å². The summed E-state index contributed by atoms with van der Waals surface area (Å²) in [4.78, 5) is 10.8. The van der Waals surface area contributed by atoms with Gasteiger partial charge in [-0.1, -0.05) is 25.2 Å². The summed E-state index contributed by atoms with van der Waals surface area (Å²) in [7, 11) is 0. The lowest BCUT2D eigenvalue weighted by atomic mass is 9.85.